The molecule has 13 heavy (non-hydrogen) atoms. The van der Waals surface area contributed by atoms with Crippen LogP contribution in [-0.2, 0) is 6.54 Å². The third kappa shape index (κ3) is 1.20. The minimum atomic E-state index is -0.493. The Morgan fingerprint density at radius 3 is 3.15 bits per heavy atom. The molecule has 6 heteroatoms. The second-order valence-corrected chi connectivity index (χ2v) is 2.59. The van der Waals surface area contributed by atoms with Gasteiger partial charge in [-0.2, -0.15) is 5.10 Å². The molecule has 2 rings (SSSR count). The molecule has 3 N–H and O–H groups in total. The number of nitrogens with one attached hydrogen (secondary N) is 1. The Labute approximate surface area is 72.0 Å². The number of aromatic nitrogens is 3. The number of H-pyrrole nitrogens is 1. The standard InChI is InChI=1S/C7H7FN4O/c8-4-1-5-7(13)10-6(2-9)11-12(5)3-4/h1,3H,2,9H2,(H,10,11,13). The monoisotopic (exact) mass is 182 g/mol. The highest BCUT2D eigenvalue weighted by Crippen LogP contribution is 2.01. The summed E-state index contributed by atoms with van der Waals surface area (Å²) in [5.74, 6) is -0.166. The molecule has 0 atom stereocenters. The van der Waals surface area contributed by atoms with Crippen LogP contribution in [0.15, 0.2) is 17.1 Å². The predicted octanol–water partition coefficient (Wildman–Crippen LogP) is -0.380. The SMILES string of the molecule is NCc1nn2cc(F)cc2c(=O)[nH]1. The van der Waals surface area contributed by atoms with Crippen LogP contribution in [0.2, 0.25) is 0 Å². The van der Waals surface area contributed by atoms with Gasteiger partial charge in [-0.1, -0.05) is 0 Å². The molecule has 0 amide bonds. The lowest BCUT2D eigenvalue weighted by Gasteiger charge is -1.96. The molecule has 0 aromatic carbocycles. The molecule has 0 aliphatic rings. The van der Waals surface area contributed by atoms with Crippen LogP contribution in [0.5, 0.6) is 0 Å². The molecular weight excluding hydrogens is 175 g/mol. The number of nitrogens with two attached hydrogens (primary N) is 1. The van der Waals surface area contributed by atoms with Gasteiger partial charge in [0.05, 0.1) is 12.7 Å². The zero-order valence-corrected chi connectivity index (χ0v) is 6.62. The molecule has 0 saturated heterocycles. The van der Waals surface area contributed by atoms with Crippen molar-refractivity contribution in [3.8, 4) is 0 Å². The first kappa shape index (κ1) is 7.93. The summed E-state index contributed by atoms with van der Waals surface area (Å²) in [6, 6.07) is 1.12. The minimum absolute atomic E-state index is 0.116. The van der Waals surface area contributed by atoms with Crippen LogP contribution < -0.4 is 11.3 Å². The molecule has 68 valence electrons. The summed E-state index contributed by atoms with van der Waals surface area (Å²) in [4.78, 5) is 13.7. The Morgan fingerprint density at radius 1 is 1.69 bits per heavy atom. The third-order valence-electron chi connectivity index (χ3n) is 1.68. The molecule has 0 aliphatic heterocycles. The second-order valence-electron chi connectivity index (χ2n) is 2.59. The van der Waals surface area contributed by atoms with E-state index >= 15 is 0 Å². The van der Waals surface area contributed by atoms with Crippen molar-refractivity contribution in [3.05, 3.63) is 34.3 Å². The van der Waals surface area contributed by atoms with Crippen molar-refractivity contribution < 1.29 is 4.39 Å². The Hall–Kier alpha value is -1.69. The average molecular weight is 182 g/mol. The summed E-state index contributed by atoms with van der Waals surface area (Å²) in [5, 5.41) is 3.87. The van der Waals surface area contributed by atoms with E-state index in [0.29, 0.717) is 5.82 Å². The van der Waals surface area contributed by atoms with Gasteiger partial charge in [0, 0.05) is 6.07 Å². The maximum atomic E-state index is 12.7. The summed E-state index contributed by atoms with van der Waals surface area (Å²) in [7, 11) is 0. The van der Waals surface area contributed by atoms with Gasteiger partial charge in [0.2, 0.25) is 0 Å². The van der Waals surface area contributed by atoms with Gasteiger partial charge in [-0.25, -0.2) is 8.91 Å². The number of hydrogen-bond donors (Lipinski definition) is 2. The molecule has 0 unspecified atom stereocenters. The lowest BCUT2D eigenvalue weighted by Crippen LogP contribution is -2.17. The van der Waals surface area contributed by atoms with Gasteiger partial charge in [0.15, 0.2) is 0 Å². The van der Waals surface area contributed by atoms with E-state index in [0.717, 1.165) is 12.3 Å². The van der Waals surface area contributed by atoms with Gasteiger partial charge < -0.3 is 10.7 Å². The fourth-order valence-electron chi connectivity index (χ4n) is 1.11. The van der Waals surface area contributed by atoms with Crippen LogP contribution in [0.3, 0.4) is 0 Å². The average Bonchev–Trinajstić information content (AvgIpc) is 2.46. The number of rotatable bonds is 1. The predicted molar refractivity (Wildman–Crippen MR) is 43.7 cm³/mol. The Morgan fingerprint density at radius 2 is 2.46 bits per heavy atom. The topological polar surface area (TPSA) is 76.2 Å². The Balaban J connectivity index is 2.83. The first-order valence-corrected chi connectivity index (χ1v) is 3.68. The summed E-state index contributed by atoms with van der Waals surface area (Å²) in [6.45, 7) is 0.116. The largest absolute Gasteiger partial charge is 0.324 e. The first-order chi connectivity index (χ1) is 6.20. The number of nitrogens with zero attached hydrogens (tertiary/aromatic N) is 2. The molecule has 0 saturated carbocycles. The van der Waals surface area contributed by atoms with Gasteiger partial charge in [-0.15, -0.1) is 0 Å². The lowest BCUT2D eigenvalue weighted by molar-refractivity contribution is 0.624. The maximum absolute atomic E-state index is 12.7. The zero-order chi connectivity index (χ0) is 9.42. The van der Waals surface area contributed by atoms with Crippen molar-refractivity contribution in [2.75, 3.05) is 0 Å². The van der Waals surface area contributed by atoms with Crippen molar-refractivity contribution in [1.29, 1.82) is 0 Å². The second kappa shape index (κ2) is 2.67. The highest BCUT2D eigenvalue weighted by atomic mass is 19.1. The van der Waals surface area contributed by atoms with Gasteiger partial charge in [0.25, 0.3) is 5.56 Å². The van der Waals surface area contributed by atoms with Gasteiger partial charge >= 0.3 is 0 Å². The summed E-state index contributed by atoms with van der Waals surface area (Å²) in [6.07, 6.45) is 1.13. The quantitative estimate of drug-likeness (QED) is 0.631. The van der Waals surface area contributed by atoms with Crippen LogP contribution >= 0.6 is 0 Å². The Bertz CT molecular complexity index is 501. The van der Waals surface area contributed by atoms with Crippen molar-refractivity contribution in [2.24, 2.45) is 5.73 Å². The number of aromatic amines is 1. The van der Waals surface area contributed by atoms with Gasteiger partial charge in [0.1, 0.15) is 17.2 Å². The molecule has 2 aromatic rings. The molecule has 2 heterocycles. The van der Waals surface area contributed by atoms with Gasteiger partial charge in [-0.3, -0.25) is 4.79 Å². The van der Waals surface area contributed by atoms with E-state index in [1.807, 2.05) is 0 Å². The van der Waals surface area contributed by atoms with E-state index in [1.54, 1.807) is 0 Å². The highest BCUT2D eigenvalue weighted by Gasteiger charge is 2.04. The fourth-order valence-corrected chi connectivity index (χ4v) is 1.11. The first-order valence-electron chi connectivity index (χ1n) is 3.68. The van der Waals surface area contributed by atoms with Crippen LogP contribution in [0.1, 0.15) is 5.82 Å². The normalized spacial score (nSPS) is 10.9. The highest BCUT2D eigenvalue weighted by molar-refractivity contribution is 5.43. The molecule has 0 spiro atoms. The van der Waals surface area contributed by atoms with Crippen molar-refractivity contribution in [2.45, 2.75) is 6.54 Å². The fraction of sp³-hybridized carbons (Fsp3) is 0.143. The van der Waals surface area contributed by atoms with E-state index < -0.39 is 5.82 Å². The van der Waals surface area contributed by atoms with Gasteiger partial charge in [-0.05, 0) is 0 Å². The lowest BCUT2D eigenvalue weighted by atomic mass is 10.5. The number of hydrogen-bond acceptors (Lipinski definition) is 3. The summed E-state index contributed by atoms with van der Waals surface area (Å²) >= 11 is 0. The van der Waals surface area contributed by atoms with Crippen LogP contribution in [0, 0.1) is 5.82 Å². The van der Waals surface area contributed by atoms with E-state index in [4.69, 9.17) is 5.73 Å². The van der Waals surface area contributed by atoms with Crippen LogP contribution in [0.25, 0.3) is 5.52 Å². The maximum Gasteiger partial charge on any atom is 0.275 e. The van der Waals surface area contributed by atoms with Crippen molar-refractivity contribution in [3.63, 3.8) is 0 Å². The number of halogens is 1. The van der Waals surface area contributed by atoms with E-state index in [2.05, 4.69) is 10.1 Å². The molecule has 0 radical (unpaired) electrons. The summed E-state index contributed by atoms with van der Waals surface area (Å²) in [5.41, 5.74) is 5.06. The third-order valence-corrected chi connectivity index (χ3v) is 1.68. The molecular formula is C7H7FN4O. The van der Waals surface area contributed by atoms with Crippen LogP contribution in [0.4, 0.5) is 4.39 Å². The van der Waals surface area contributed by atoms with E-state index in [1.165, 1.54) is 4.52 Å². The molecule has 0 fully saturated rings. The van der Waals surface area contributed by atoms with E-state index in [9.17, 15) is 9.18 Å². The van der Waals surface area contributed by atoms with E-state index in [-0.39, 0.29) is 17.6 Å². The number of fused-ring (bicyclic) bond motifs is 1. The molecule has 0 aliphatic carbocycles. The smallest absolute Gasteiger partial charge is 0.275 e. The Kier molecular flexibility index (Phi) is 1.63. The molecule has 5 nitrogen and oxygen atoms in total. The summed E-state index contributed by atoms with van der Waals surface area (Å²) < 4.78 is 13.9. The zero-order valence-electron chi connectivity index (χ0n) is 6.62. The van der Waals surface area contributed by atoms with Crippen molar-refractivity contribution >= 4 is 5.52 Å². The molecule has 2 aromatic heterocycles. The minimum Gasteiger partial charge on any atom is -0.324 e. The van der Waals surface area contributed by atoms with Crippen molar-refractivity contribution in [1.82, 2.24) is 14.6 Å². The van der Waals surface area contributed by atoms with Crippen LogP contribution in [-0.4, -0.2) is 14.6 Å². The molecule has 0 bridgehead atoms.